The van der Waals surface area contributed by atoms with Crippen LogP contribution < -0.4 is 15.4 Å². The topological polar surface area (TPSA) is 125 Å². The number of methoxy groups -OCH3 is 1. The summed E-state index contributed by atoms with van der Waals surface area (Å²) in [4.78, 5) is 59.6. The first kappa shape index (κ1) is 30.8. The average molecular weight is 601 g/mol. The van der Waals surface area contributed by atoms with E-state index in [0.29, 0.717) is 12.2 Å². The summed E-state index contributed by atoms with van der Waals surface area (Å²) in [5.74, 6) is -1.99. The molecule has 1 aromatic carbocycles. The van der Waals surface area contributed by atoms with Crippen molar-refractivity contribution in [2.45, 2.75) is 44.7 Å². The monoisotopic (exact) mass is 600 g/mol. The minimum absolute atomic E-state index is 0.0237. The van der Waals surface area contributed by atoms with Crippen LogP contribution in [0.2, 0.25) is 5.02 Å². The first-order valence-electron chi connectivity index (χ1n) is 13.7. The molecule has 2 atom stereocenters. The molecule has 224 valence electrons. The van der Waals surface area contributed by atoms with Gasteiger partial charge in [0.15, 0.2) is 5.69 Å². The van der Waals surface area contributed by atoms with Crippen molar-refractivity contribution < 1.29 is 28.3 Å². The standard InChI is InChI=1S/C29H34ClFN6O5/c1-18-27(39)32-13-5-15-36(29(41)25-26(31)37-17-20(30)9-12-23(37)34-25)14-4-6-24(38)33-22(28(40)35(18)2)16-19-7-10-21(42-3)11-8-19/h7-12,17-18,22H,4-6,13-16H2,1-3H3,(H,32,39)(H,33,38)/t18-,22-/m0/s1. The summed E-state index contributed by atoms with van der Waals surface area (Å²) >= 11 is 5.98. The molecule has 2 aromatic heterocycles. The van der Waals surface area contributed by atoms with Gasteiger partial charge in [-0.05, 0) is 49.6 Å². The summed E-state index contributed by atoms with van der Waals surface area (Å²) in [6, 6.07) is 8.46. The zero-order chi connectivity index (χ0) is 30.4. The van der Waals surface area contributed by atoms with Crippen LogP contribution in [-0.4, -0.2) is 88.7 Å². The lowest BCUT2D eigenvalue weighted by Crippen LogP contribution is -2.54. The first-order valence-corrected chi connectivity index (χ1v) is 14.1. The van der Waals surface area contributed by atoms with E-state index in [1.807, 2.05) is 0 Å². The second-order valence-electron chi connectivity index (χ2n) is 10.2. The number of amides is 4. The van der Waals surface area contributed by atoms with E-state index in [4.69, 9.17) is 16.3 Å². The Balaban J connectivity index is 1.54. The van der Waals surface area contributed by atoms with Gasteiger partial charge in [-0.1, -0.05) is 23.7 Å². The maximum absolute atomic E-state index is 15.1. The predicted octanol–water partition coefficient (Wildman–Crippen LogP) is 2.45. The number of pyridine rings is 1. The third-order valence-electron chi connectivity index (χ3n) is 7.29. The molecule has 0 spiro atoms. The van der Waals surface area contributed by atoms with Crippen LogP contribution in [-0.2, 0) is 20.8 Å². The van der Waals surface area contributed by atoms with Gasteiger partial charge in [0, 0.05) is 45.7 Å². The Kier molecular flexibility index (Phi) is 10.00. The zero-order valence-corrected chi connectivity index (χ0v) is 24.5. The molecular formula is C29H34ClFN6O5. The summed E-state index contributed by atoms with van der Waals surface area (Å²) in [5.41, 5.74) is 0.672. The zero-order valence-electron chi connectivity index (χ0n) is 23.7. The molecule has 4 rings (SSSR count). The fraction of sp³-hybridized carbons (Fsp3) is 0.414. The number of nitrogens with one attached hydrogen (secondary N) is 2. The van der Waals surface area contributed by atoms with Gasteiger partial charge in [-0.2, -0.15) is 4.39 Å². The Bertz CT molecular complexity index is 1460. The summed E-state index contributed by atoms with van der Waals surface area (Å²) in [6.45, 7) is 2.16. The molecule has 2 N–H and O–H groups in total. The Morgan fingerprint density at radius 1 is 1.12 bits per heavy atom. The van der Waals surface area contributed by atoms with Gasteiger partial charge in [0.1, 0.15) is 23.5 Å². The van der Waals surface area contributed by atoms with Gasteiger partial charge < -0.3 is 25.2 Å². The highest BCUT2D eigenvalue weighted by Gasteiger charge is 2.30. The molecule has 11 nitrogen and oxygen atoms in total. The van der Waals surface area contributed by atoms with Gasteiger partial charge in [0.2, 0.25) is 23.7 Å². The number of nitrogens with zero attached hydrogens (tertiary/aromatic N) is 4. The largest absolute Gasteiger partial charge is 0.497 e. The van der Waals surface area contributed by atoms with E-state index in [1.54, 1.807) is 44.4 Å². The fourth-order valence-electron chi connectivity index (χ4n) is 4.73. The van der Waals surface area contributed by atoms with Crippen LogP contribution in [0.5, 0.6) is 5.75 Å². The predicted molar refractivity (Wildman–Crippen MR) is 154 cm³/mol. The van der Waals surface area contributed by atoms with Crippen LogP contribution in [0.15, 0.2) is 42.6 Å². The third-order valence-corrected chi connectivity index (χ3v) is 7.51. The number of aromatic nitrogens is 2. The molecule has 3 heterocycles. The van der Waals surface area contributed by atoms with Gasteiger partial charge in [0.05, 0.1) is 12.1 Å². The Morgan fingerprint density at radius 2 is 1.83 bits per heavy atom. The molecule has 1 aliphatic rings. The van der Waals surface area contributed by atoms with Crippen molar-refractivity contribution in [2.24, 2.45) is 0 Å². The van der Waals surface area contributed by atoms with Crippen LogP contribution in [0, 0.1) is 5.95 Å². The van der Waals surface area contributed by atoms with Crippen LogP contribution in [0.25, 0.3) is 5.65 Å². The molecule has 3 aromatic rings. The number of hydrogen-bond donors (Lipinski definition) is 2. The number of imidazole rings is 1. The molecule has 0 bridgehead atoms. The molecule has 0 unspecified atom stereocenters. The van der Waals surface area contributed by atoms with E-state index in [-0.39, 0.29) is 67.1 Å². The number of rotatable bonds is 4. The number of ether oxygens (including phenoxy) is 1. The van der Waals surface area contributed by atoms with Crippen molar-refractivity contribution in [3.05, 3.63) is 64.8 Å². The second kappa shape index (κ2) is 13.6. The molecule has 1 fully saturated rings. The summed E-state index contributed by atoms with van der Waals surface area (Å²) in [5, 5.41) is 5.89. The highest BCUT2D eigenvalue weighted by Crippen LogP contribution is 2.18. The fourth-order valence-corrected chi connectivity index (χ4v) is 4.89. The molecule has 4 amide bonds. The van der Waals surface area contributed by atoms with Crippen LogP contribution in [0.4, 0.5) is 4.39 Å². The van der Waals surface area contributed by atoms with E-state index in [0.717, 1.165) is 9.96 Å². The first-order chi connectivity index (χ1) is 20.1. The number of fused-ring (bicyclic) bond motifs is 1. The number of halogens is 2. The molecule has 0 saturated carbocycles. The molecule has 42 heavy (non-hydrogen) atoms. The van der Waals surface area contributed by atoms with E-state index in [1.165, 1.54) is 29.1 Å². The normalized spacial score (nSPS) is 19.6. The summed E-state index contributed by atoms with van der Waals surface area (Å²) in [6.07, 6.45) is 2.20. The molecule has 13 heteroatoms. The molecule has 1 saturated heterocycles. The highest BCUT2D eigenvalue weighted by atomic mass is 35.5. The van der Waals surface area contributed by atoms with Gasteiger partial charge >= 0.3 is 0 Å². The van der Waals surface area contributed by atoms with E-state index in [9.17, 15) is 19.2 Å². The minimum atomic E-state index is -0.923. The quantitative estimate of drug-likeness (QED) is 0.474. The number of carbonyl (C=O) groups is 4. The number of hydrogen-bond acceptors (Lipinski definition) is 6. The Labute approximate surface area is 248 Å². The van der Waals surface area contributed by atoms with Crippen molar-refractivity contribution in [1.82, 2.24) is 29.8 Å². The molecular weight excluding hydrogens is 567 g/mol. The molecule has 1 aliphatic heterocycles. The van der Waals surface area contributed by atoms with Crippen LogP contribution >= 0.6 is 11.6 Å². The van der Waals surface area contributed by atoms with Crippen molar-refractivity contribution in [1.29, 1.82) is 0 Å². The number of benzene rings is 1. The van der Waals surface area contributed by atoms with Crippen molar-refractivity contribution in [3.63, 3.8) is 0 Å². The maximum Gasteiger partial charge on any atom is 0.277 e. The minimum Gasteiger partial charge on any atom is -0.497 e. The highest BCUT2D eigenvalue weighted by molar-refractivity contribution is 6.30. The van der Waals surface area contributed by atoms with Crippen molar-refractivity contribution in [3.8, 4) is 5.75 Å². The SMILES string of the molecule is COc1ccc(C[C@@H]2NC(=O)CCCN(C(=O)c3nc4ccc(Cl)cn4c3F)CCCNC(=O)[C@H](C)N(C)C2=O)cc1. The Morgan fingerprint density at radius 3 is 2.55 bits per heavy atom. The van der Waals surface area contributed by atoms with Gasteiger partial charge in [-0.25, -0.2) is 4.98 Å². The van der Waals surface area contributed by atoms with Gasteiger partial charge in [0.25, 0.3) is 5.91 Å². The van der Waals surface area contributed by atoms with Crippen molar-refractivity contribution >= 4 is 40.9 Å². The summed E-state index contributed by atoms with van der Waals surface area (Å²) in [7, 11) is 3.08. The number of carbonyl (C=O) groups excluding carboxylic acids is 4. The second-order valence-corrected chi connectivity index (χ2v) is 10.6. The van der Waals surface area contributed by atoms with Crippen molar-refractivity contribution in [2.75, 3.05) is 33.8 Å². The summed E-state index contributed by atoms with van der Waals surface area (Å²) < 4.78 is 21.4. The van der Waals surface area contributed by atoms with Gasteiger partial charge in [-0.3, -0.25) is 23.6 Å². The maximum atomic E-state index is 15.1. The average Bonchev–Trinajstić information content (AvgIpc) is 3.31. The van der Waals surface area contributed by atoms with E-state index in [2.05, 4.69) is 15.6 Å². The van der Waals surface area contributed by atoms with Crippen LogP contribution in [0.1, 0.15) is 42.2 Å². The molecule has 0 aliphatic carbocycles. The lowest BCUT2D eigenvalue weighted by atomic mass is 10.0. The smallest absolute Gasteiger partial charge is 0.277 e. The molecule has 0 radical (unpaired) electrons. The van der Waals surface area contributed by atoms with E-state index < -0.39 is 29.8 Å². The third kappa shape index (κ3) is 7.17. The lowest BCUT2D eigenvalue weighted by molar-refractivity contribution is -0.141. The van der Waals surface area contributed by atoms with Gasteiger partial charge in [-0.15, -0.1) is 0 Å². The number of likely N-dealkylation sites (N-methyl/N-ethyl adjacent to an activating group) is 1. The lowest BCUT2D eigenvalue weighted by Gasteiger charge is -2.29. The Hall–Kier alpha value is -4.19. The van der Waals surface area contributed by atoms with E-state index >= 15 is 4.39 Å². The van der Waals surface area contributed by atoms with Crippen LogP contribution in [0.3, 0.4) is 0 Å².